The van der Waals surface area contributed by atoms with Crippen molar-refractivity contribution in [2.75, 3.05) is 55.7 Å². The maximum absolute atomic E-state index is 9.28. The van der Waals surface area contributed by atoms with Crippen molar-refractivity contribution < 1.29 is 4.74 Å². The summed E-state index contributed by atoms with van der Waals surface area (Å²) >= 11 is 0. The fourth-order valence-corrected chi connectivity index (χ4v) is 6.34. The van der Waals surface area contributed by atoms with Crippen LogP contribution in [0.2, 0.25) is 0 Å². The second-order valence-electron chi connectivity index (χ2n) is 10.6. The number of nitrogens with one attached hydrogen (secondary N) is 1. The fourth-order valence-electron chi connectivity index (χ4n) is 6.34. The summed E-state index contributed by atoms with van der Waals surface area (Å²) in [7, 11) is 0. The van der Waals surface area contributed by atoms with Crippen molar-refractivity contribution in [2.45, 2.75) is 51.2 Å². The third kappa shape index (κ3) is 5.01. The highest BCUT2D eigenvalue weighted by atomic mass is 16.5. The lowest BCUT2D eigenvalue weighted by Crippen LogP contribution is -2.51. The van der Waals surface area contributed by atoms with Crippen molar-refractivity contribution in [1.82, 2.24) is 20.2 Å². The zero-order valence-corrected chi connectivity index (χ0v) is 22.3. The number of anilines is 2. The highest BCUT2D eigenvalue weighted by Gasteiger charge is 2.30. The molecule has 1 aromatic heterocycles. The van der Waals surface area contributed by atoms with Crippen LogP contribution in [0.5, 0.6) is 6.01 Å². The molecule has 2 saturated heterocycles. The average molecular weight is 512 g/mol. The molecule has 3 aromatic rings. The van der Waals surface area contributed by atoms with Gasteiger partial charge in [0.1, 0.15) is 12.4 Å². The third-order valence-corrected chi connectivity index (χ3v) is 8.33. The van der Waals surface area contributed by atoms with E-state index in [4.69, 9.17) is 14.7 Å². The van der Waals surface area contributed by atoms with E-state index >= 15 is 0 Å². The van der Waals surface area contributed by atoms with Crippen LogP contribution < -0.4 is 19.9 Å². The van der Waals surface area contributed by atoms with Gasteiger partial charge in [-0.3, -0.25) is 4.90 Å². The van der Waals surface area contributed by atoms with Crippen LogP contribution in [0.4, 0.5) is 11.5 Å². The van der Waals surface area contributed by atoms with Crippen molar-refractivity contribution in [3.05, 3.63) is 53.7 Å². The van der Waals surface area contributed by atoms with E-state index in [1.807, 2.05) is 0 Å². The van der Waals surface area contributed by atoms with Gasteiger partial charge in [0.05, 0.1) is 24.7 Å². The van der Waals surface area contributed by atoms with E-state index in [-0.39, 0.29) is 6.04 Å². The molecule has 2 fully saturated rings. The van der Waals surface area contributed by atoms with Gasteiger partial charge in [-0.1, -0.05) is 43.3 Å². The number of nitriles is 1. The van der Waals surface area contributed by atoms with Crippen molar-refractivity contribution in [1.29, 1.82) is 5.26 Å². The molecule has 0 radical (unpaired) electrons. The molecule has 3 aliphatic heterocycles. The van der Waals surface area contributed by atoms with E-state index in [1.165, 1.54) is 28.4 Å². The number of rotatable bonds is 7. The van der Waals surface area contributed by atoms with Crippen LogP contribution in [0.1, 0.15) is 37.4 Å². The topological polar surface area (TPSA) is 80.5 Å². The summed E-state index contributed by atoms with van der Waals surface area (Å²) in [6.07, 6.45) is 3.76. The molecule has 198 valence electrons. The van der Waals surface area contributed by atoms with Crippen LogP contribution in [0.25, 0.3) is 10.8 Å². The Hall–Kier alpha value is -3.41. The minimum Gasteiger partial charge on any atom is -0.462 e. The minimum absolute atomic E-state index is 0.149. The van der Waals surface area contributed by atoms with Crippen LogP contribution in [0, 0.1) is 11.3 Å². The lowest BCUT2D eigenvalue weighted by molar-refractivity contribution is 0.170. The Bertz CT molecular complexity index is 1320. The second-order valence-corrected chi connectivity index (χ2v) is 10.6. The molecule has 2 atom stereocenters. The number of likely N-dealkylation sites (tertiary alicyclic amines) is 1. The summed E-state index contributed by atoms with van der Waals surface area (Å²) in [5.41, 5.74) is 3.53. The summed E-state index contributed by atoms with van der Waals surface area (Å²) < 4.78 is 6.33. The van der Waals surface area contributed by atoms with Gasteiger partial charge < -0.3 is 19.9 Å². The van der Waals surface area contributed by atoms with Crippen molar-refractivity contribution in [3.8, 4) is 12.1 Å². The monoisotopic (exact) mass is 511 g/mol. The summed E-state index contributed by atoms with van der Waals surface area (Å²) in [4.78, 5) is 17.3. The molecule has 0 amide bonds. The van der Waals surface area contributed by atoms with Gasteiger partial charge in [-0.05, 0) is 43.8 Å². The lowest BCUT2D eigenvalue weighted by atomic mass is 10.0. The Kier molecular flexibility index (Phi) is 7.30. The van der Waals surface area contributed by atoms with Gasteiger partial charge in [0.2, 0.25) is 0 Å². The molecule has 0 spiro atoms. The number of aromatic nitrogens is 2. The first kappa shape index (κ1) is 24.9. The van der Waals surface area contributed by atoms with Crippen LogP contribution >= 0.6 is 0 Å². The lowest BCUT2D eigenvalue weighted by Gasteiger charge is -2.37. The van der Waals surface area contributed by atoms with E-state index in [0.717, 1.165) is 70.2 Å². The number of ether oxygens (including phenoxy) is 1. The van der Waals surface area contributed by atoms with Crippen LogP contribution in [-0.4, -0.2) is 72.8 Å². The maximum atomic E-state index is 9.28. The van der Waals surface area contributed by atoms with Crippen LogP contribution in [0.15, 0.2) is 42.5 Å². The molecule has 0 saturated carbocycles. The number of fused-ring (bicyclic) bond motifs is 2. The number of hydrogen-bond acceptors (Lipinski definition) is 8. The molecule has 3 aliphatic rings. The first-order valence-corrected chi connectivity index (χ1v) is 14.1. The summed E-state index contributed by atoms with van der Waals surface area (Å²) in [5.74, 6) is 0.991. The quantitative estimate of drug-likeness (QED) is 0.514. The molecule has 8 nitrogen and oxygen atoms in total. The Morgan fingerprint density at radius 2 is 1.97 bits per heavy atom. The highest BCUT2D eigenvalue weighted by molar-refractivity contribution is 5.94. The normalized spacial score (nSPS) is 21.9. The Morgan fingerprint density at radius 3 is 2.87 bits per heavy atom. The van der Waals surface area contributed by atoms with E-state index in [2.05, 4.69) is 75.5 Å². The molecular formula is C30H37N7O. The molecular weight excluding hydrogens is 474 g/mol. The van der Waals surface area contributed by atoms with Gasteiger partial charge in [-0.2, -0.15) is 15.2 Å². The third-order valence-electron chi connectivity index (χ3n) is 8.33. The zero-order chi connectivity index (χ0) is 25.9. The second kappa shape index (κ2) is 11.1. The zero-order valence-electron chi connectivity index (χ0n) is 22.3. The molecule has 6 rings (SSSR count). The van der Waals surface area contributed by atoms with Gasteiger partial charge in [0.15, 0.2) is 0 Å². The van der Waals surface area contributed by atoms with E-state index in [9.17, 15) is 5.26 Å². The molecule has 4 heterocycles. The first-order valence-electron chi connectivity index (χ1n) is 14.1. The first-order chi connectivity index (χ1) is 18.7. The smallest absolute Gasteiger partial charge is 0.318 e. The van der Waals surface area contributed by atoms with Crippen molar-refractivity contribution in [2.24, 2.45) is 0 Å². The predicted octanol–water partition coefficient (Wildman–Crippen LogP) is 3.75. The standard InChI is InChI=1S/C30H37N7O/c1-2-35-16-6-9-24(35)21-38-30-33-27-20-36(28-11-5-8-22-7-3-4-10-25(22)28)17-13-26(27)29(34-30)37-18-15-32-23(19-37)12-14-31/h3-5,7-8,10-11,23-24,32H,2,6,9,12-13,15-21H2,1H3. The average Bonchev–Trinajstić information content (AvgIpc) is 3.43. The predicted molar refractivity (Wildman–Crippen MR) is 151 cm³/mol. The van der Waals surface area contributed by atoms with Crippen molar-refractivity contribution >= 4 is 22.3 Å². The molecule has 2 aromatic carbocycles. The summed E-state index contributed by atoms with van der Waals surface area (Å²) in [6, 6.07) is 18.5. The number of hydrogen-bond donors (Lipinski definition) is 1. The van der Waals surface area contributed by atoms with E-state index in [0.29, 0.717) is 25.1 Å². The Balaban J connectivity index is 1.31. The molecule has 0 bridgehead atoms. The van der Waals surface area contributed by atoms with Gasteiger partial charge in [-0.15, -0.1) is 0 Å². The van der Waals surface area contributed by atoms with Gasteiger partial charge >= 0.3 is 6.01 Å². The van der Waals surface area contributed by atoms with Gasteiger partial charge in [-0.25, -0.2) is 0 Å². The number of nitrogens with zero attached hydrogens (tertiary/aromatic N) is 6. The maximum Gasteiger partial charge on any atom is 0.318 e. The number of benzene rings is 2. The largest absolute Gasteiger partial charge is 0.462 e. The summed E-state index contributed by atoms with van der Waals surface area (Å²) in [6.45, 7) is 9.16. The number of likely N-dealkylation sites (N-methyl/N-ethyl adjacent to an activating group) is 1. The Morgan fingerprint density at radius 1 is 1.08 bits per heavy atom. The van der Waals surface area contributed by atoms with Crippen LogP contribution in [-0.2, 0) is 13.0 Å². The number of piperazine rings is 1. The van der Waals surface area contributed by atoms with E-state index < -0.39 is 0 Å². The fraction of sp³-hybridized carbons (Fsp3) is 0.500. The minimum atomic E-state index is 0.149. The molecule has 2 unspecified atom stereocenters. The van der Waals surface area contributed by atoms with Crippen LogP contribution in [0.3, 0.4) is 0 Å². The Labute approximate surface area is 225 Å². The van der Waals surface area contributed by atoms with Gasteiger partial charge in [0, 0.05) is 54.9 Å². The molecule has 0 aliphatic carbocycles. The molecule has 1 N–H and O–H groups in total. The van der Waals surface area contributed by atoms with E-state index in [1.54, 1.807) is 0 Å². The highest BCUT2D eigenvalue weighted by Crippen LogP contribution is 2.34. The SMILES string of the molecule is CCN1CCCC1COc1nc2c(c(N3CCNC(CC#N)C3)n1)CCN(c1cccc3ccccc13)C2. The summed E-state index contributed by atoms with van der Waals surface area (Å²) in [5, 5.41) is 15.3. The molecule has 38 heavy (non-hydrogen) atoms. The van der Waals surface area contributed by atoms with Crippen molar-refractivity contribution in [3.63, 3.8) is 0 Å². The van der Waals surface area contributed by atoms with Gasteiger partial charge in [0.25, 0.3) is 0 Å². The molecule has 8 heteroatoms.